The molecule has 6 rings (SSSR count). The molecule has 2 bridgehead atoms. The first-order chi connectivity index (χ1) is 22.3. The van der Waals surface area contributed by atoms with Gasteiger partial charge in [-0.25, -0.2) is 0 Å². The topological polar surface area (TPSA) is 88.5 Å². The maximum absolute atomic E-state index is 14.1. The van der Waals surface area contributed by atoms with E-state index in [1.807, 2.05) is 0 Å². The van der Waals surface area contributed by atoms with Crippen LogP contribution in [0.1, 0.15) is 76.8 Å². The lowest BCUT2D eigenvalue weighted by atomic mass is 9.45. The number of hydroxylamine groups is 2. The molecule has 4 aliphatic rings. The fourth-order valence-corrected chi connectivity index (χ4v) is 9.68. The standard InChI is InChI=1S/C38H60N4O4S/c1-24(2)15-30(21-40(7)8)41(22-31-13-10-14-47-31)19-27-11-9-12-28(16-27)20-42-36(35(26(4)44)34(23-43)46-42)37(45)39-33-18-29-17-32(25(33)3)38(29,5)6/h9-14,16,24-26,29-30,32-36,43-44H,15,17-23H2,1-8H3,(H,39,45)/t25-,26-,29+,30-,32-,33-,34-,35+,36-/m0/s1. The Morgan fingerprint density at radius 3 is 2.47 bits per heavy atom. The number of likely N-dealkylation sites (N-methyl/N-ethyl adjacent to an activating group) is 1. The normalized spacial score (nSPS) is 30.1. The van der Waals surface area contributed by atoms with Gasteiger partial charge in [-0.3, -0.25) is 14.5 Å². The number of thiophene rings is 1. The van der Waals surface area contributed by atoms with E-state index in [2.05, 4.69) is 106 Å². The van der Waals surface area contributed by atoms with Crippen LogP contribution in [0, 0.1) is 35.0 Å². The Morgan fingerprint density at radius 2 is 1.87 bits per heavy atom. The van der Waals surface area contributed by atoms with Crippen LogP contribution in [0.3, 0.4) is 0 Å². The van der Waals surface area contributed by atoms with Crippen LogP contribution in [0.25, 0.3) is 0 Å². The summed E-state index contributed by atoms with van der Waals surface area (Å²) in [6.07, 6.45) is 1.90. The average molecular weight is 669 g/mol. The van der Waals surface area contributed by atoms with Gasteiger partial charge in [-0.15, -0.1) is 11.3 Å². The lowest BCUT2D eigenvalue weighted by Crippen LogP contribution is -2.62. The highest BCUT2D eigenvalue weighted by atomic mass is 32.1. The molecule has 1 aromatic heterocycles. The second kappa shape index (κ2) is 15.4. The molecule has 8 nitrogen and oxygen atoms in total. The van der Waals surface area contributed by atoms with E-state index in [0.29, 0.717) is 41.7 Å². The van der Waals surface area contributed by atoms with E-state index in [4.69, 9.17) is 4.84 Å². The summed E-state index contributed by atoms with van der Waals surface area (Å²) >= 11 is 1.81. The first-order valence-electron chi connectivity index (χ1n) is 17.8. The number of aliphatic hydroxyl groups is 2. The van der Waals surface area contributed by atoms with E-state index >= 15 is 0 Å². The zero-order valence-electron chi connectivity index (χ0n) is 29.9. The number of carbonyl (C=O) groups is 1. The first-order valence-corrected chi connectivity index (χ1v) is 18.7. The van der Waals surface area contributed by atoms with Crippen molar-refractivity contribution in [3.8, 4) is 0 Å². The Hall–Kier alpha value is -1.85. The molecule has 3 saturated carbocycles. The number of hydrogen-bond donors (Lipinski definition) is 3. The van der Waals surface area contributed by atoms with Crippen molar-refractivity contribution >= 4 is 17.2 Å². The smallest absolute Gasteiger partial charge is 0.240 e. The van der Waals surface area contributed by atoms with Crippen molar-refractivity contribution in [3.63, 3.8) is 0 Å². The number of nitrogens with zero attached hydrogens (tertiary/aromatic N) is 3. The van der Waals surface area contributed by atoms with Crippen molar-refractivity contribution in [2.75, 3.05) is 27.2 Å². The zero-order valence-corrected chi connectivity index (χ0v) is 30.7. The Bertz CT molecular complexity index is 1290. The molecule has 47 heavy (non-hydrogen) atoms. The van der Waals surface area contributed by atoms with Gasteiger partial charge >= 0.3 is 0 Å². The molecule has 4 fully saturated rings. The van der Waals surface area contributed by atoms with E-state index in [1.54, 1.807) is 23.3 Å². The predicted octanol–water partition coefficient (Wildman–Crippen LogP) is 5.39. The fraction of sp³-hybridized carbons (Fsp3) is 0.711. The van der Waals surface area contributed by atoms with Gasteiger partial charge in [0.2, 0.25) is 5.91 Å². The molecule has 0 radical (unpaired) electrons. The molecule has 1 aromatic carbocycles. The predicted molar refractivity (Wildman–Crippen MR) is 189 cm³/mol. The highest BCUT2D eigenvalue weighted by Gasteiger charge is 2.57. The summed E-state index contributed by atoms with van der Waals surface area (Å²) in [5.41, 5.74) is 2.59. The van der Waals surface area contributed by atoms with E-state index in [-0.39, 0.29) is 18.6 Å². The van der Waals surface area contributed by atoms with Gasteiger partial charge in [-0.05, 0) is 91.9 Å². The van der Waals surface area contributed by atoms with Crippen LogP contribution >= 0.6 is 11.3 Å². The number of hydrogen-bond acceptors (Lipinski definition) is 8. The molecule has 9 heteroatoms. The van der Waals surface area contributed by atoms with E-state index in [9.17, 15) is 15.0 Å². The summed E-state index contributed by atoms with van der Waals surface area (Å²) in [6, 6.07) is 12.8. The maximum atomic E-state index is 14.1. The van der Waals surface area contributed by atoms with Crippen LogP contribution in [0.15, 0.2) is 41.8 Å². The monoisotopic (exact) mass is 668 g/mol. The molecule has 1 saturated heterocycles. The van der Waals surface area contributed by atoms with Crippen LogP contribution in [0.2, 0.25) is 0 Å². The van der Waals surface area contributed by atoms with Crippen LogP contribution in [-0.2, 0) is 29.3 Å². The SMILES string of the molecule is CC(C)C[C@@H](CN(C)C)N(Cc1cccc(CN2O[C@@H](CO)[C@@H]([C@H](C)O)[C@H]2C(=O)N[C@H]2C[C@H]3C[C@@H]([C@@H]2C)C3(C)C)c1)Cc1cccs1. The van der Waals surface area contributed by atoms with Crippen LogP contribution < -0.4 is 5.32 Å². The third-order valence-corrected chi connectivity index (χ3v) is 12.4. The Balaban J connectivity index is 1.34. The fourth-order valence-electron chi connectivity index (χ4n) is 8.95. The molecule has 0 spiro atoms. The van der Waals surface area contributed by atoms with Crippen LogP contribution in [-0.4, -0.2) is 88.6 Å². The summed E-state index contributed by atoms with van der Waals surface area (Å²) in [4.78, 5) is 26.6. The molecule has 1 amide bonds. The number of amides is 1. The van der Waals surface area contributed by atoms with Gasteiger partial charge in [0.25, 0.3) is 0 Å². The minimum Gasteiger partial charge on any atom is -0.394 e. The number of nitrogens with one attached hydrogen (secondary N) is 1. The van der Waals surface area contributed by atoms with Gasteiger partial charge in [0.15, 0.2) is 0 Å². The number of rotatable bonds is 15. The number of benzene rings is 1. The minimum absolute atomic E-state index is 0.110. The molecule has 9 atom stereocenters. The largest absolute Gasteiger partial charge is 0.394 e. The summed E-state index contributed by atoms with van der Waals surface area (Å²) < 4.78 is 0. The third-order valence-electron chi connectivity index (χ3n) is 11.6. The van der Waals surface area contributed by atoms with Crippen molar-refractivity contribution in [3.05, 3.63) is 57.8 Å². The van der Waals surface area contributed by atoms with Gasteiger partial charge in [0.1, 0.15) is 12.1 Å². The van der Waals surface area contributed by atoms with Crippen LogP contribution in [0.5, 0.6) is 0 Å². The van der Waals surface area contributed by atoms with E-state index in [1.165, 1.54) is 16.9 Å². The van der Waals surface area contributed by atoms with Crippen molar-refractivity contribution in [1.29, 1.82) is 0 Å². The Labute approximate surface area is 287 Å². The van der Waals surface area contributed by atoms with Crippen LogP contribution in [0.4, 0.5) is 0 Å². The maximum Gasteiger partial charge on any atom is 0.240 e. The van der Waals surface area contributed by atoms with Crippen molar-refractivity contribution in [2.45, 2.75) is 111 Å². The summed E-state index contributed by atoms with van der Waals surface area (Å²) in [5, 5.41) is 28.4. The summed E-state index contributed by atoms with van der Waals surface area (Å²) in [6.45, 7) is 16.1. The van der Waals surface area contributed by atoms with Crippen molar-refractivity contribution in [1.82, 2.24) is 20.2 Å². The van der Waals surface area contributed by atoms with Gasteiger partial charge in [0.05, 0.1) is 19.3 Å². The van der Waals surface area contributed by atoms with E-state index < -0.39 is 24.2 Å². The second-order valence-electron chi connectivity index (χ2n) is 16.1. The average Bonchev–Trinajstić information content (AvgIpc) is 3.64. The second-order valence-corrected chi connectivity index (χ2v) is 17.1. The third kappa shape index (κ3) is 8.31. The highest BCUT2D eigenvalue weighted by Crippen LogP contribution is 2.61. The van der Waals surface area contributed by atoms with Crippen molar-refractivity contribution < 1.29 is 19.8 Å². The summed E-state index contributed by atoms with van der Waals surface area (Å²) in [5.74, 6) is 1.58. The minimum atomic E-state index is -0.809. The molecule has 262 valence electrons. The lowest BCUT2D eigenvalue weighted by molar-refractivity contribution is -0.183. The molecular weight excluding hydrogens is 609 g/mol. The van der Waals surface area contributed by atoms with Gasteiger partial charge in [-0.2, -0.15) is 5.06 Å². The summed E-state index contributed by atoms with van der Waals surface area (Å²) in [7, 11) is 4.30. The molecule has 2 aromatic rings. The van der Waals surface area contributed by atoms with Gasteiger partial charge in [0, 0.05) is 42.5 Å². The molecule has 1 aliphatic heterocycles. The Morgan fingerprint density at radius 1 is 1.13 bits per heavy atom. The number of carbonyl (C=O) groups excluding carboxylic acids is 1. The quantitative estimate of drug-likeness (QED) is 0.235. The molecule has 0 unspecified atom stereocenters. The first kappa shape index (κ1) is 36.4. The Kier molecular flexibility index (Phi) is 11.9. The molecule has 2 heterocycles. The number of aliphatic hydroxyl groups excluding tert-OH is 2. The lowest BCUT2D eigenvalue weighted by Gasteiger charge is -2.62. The van der Waals surface area contributed by atoms with Crippen molar-refractivity contribution in [2.24, 2.45) is 35.0 Å². The van der Waals surface area contributed by atoms with Gasteiger partial charge < -0.3 is 20.4 Å². The zero-order chi connectivity index (χ0) is 34.0. The molecule has 3 N–H and O–H groups in total. The number of fused-ring (bicyclic) bond motifs is 2. The van der Waals surface area contributed by atoms with E-state index in [0.717, 1.165) is 38.0 Å². The molecule has 3 aliphatic carbocycles. The highest BCUT2D eigenvalue weighted by molar-refractivity contribution is 7.09. The molecular formula is C38H60N4O4S. The van der Waals surface area contributed by atoms with Gasteiger partial charge in [-0.1, -0.05) is 65.0 Å².